The summed E-state index contributed by atoms with van der Waals surface area (Å²) in [6, 6.07) is 31.4. The number of nitrogens with zero attached hydrogens (tertiary/aromatic N) is 1. The van der Waals surface area contributed by atoms with Crippen LogP contribution in [-0.2, 0) is 16.1 Å². The first kappa shape index (κ1) is 23.8. The van der Waals surface area contributed by atoms with Gasteiger partial charge in [0.1, 0.15) is 6.61 Å². The summed E-state index contributed by atoms with van der Waals surface area (Å²) in [5, 5.41) is 0. The van der Waals surface area contributed by atoms with Gasteiger partial charge in [0.25, 0.3) is 0 Å². The zero-order valence-electron chi connectivity index (χ0n) is 19.5. The number of benzene rings is 4. The first-order chi connectivity index (χ1) is 17.6. The lowest BCUT2D eigenvalue weighted by atomic mass is 10.0. The van der Waals surface area contributed by atoms with Gasteiger partial charge in [0.15, 0.2) is 17.2 Å². The molecule has 0 aliphatic carbocycles. The Morgan fingerprint density at radius 2 is 1.53 bits per heavy atom. The van der Waals surface area contributed by atoms with E-state index in [1.807, 2.05) is 84.9 Å². The topological polar surface area (TPSA) is 57.1 Å². The van der Waals surface area contributed by atoms with E-state index in [0.717, 1.165) is 31.4 Å². The lowest BCUT2D eigenvalue weighted by Gasteiger charge is -2.12. The van der Waals surface area contributed by atoms with Gasteiger partial charge in [0, 0.05) is 14.7 Å². The maximum Gasteiger partial charge on any atom is 0.363 e. The summed E-state index contributed by atoms with van der Waals surface area (Å²) in [7, 11) is 1.59. The van der Waals surface area contributed by atoms with Gasteiger partial charge in [-0.15, -0.1) is 0 Å². The van der Waals surface area contributed by atoms with Crippen molar-refractivity contribution in [1.29, 1.82) is 0 Å². The van der Waals surface area contributed by atoms with E-state index in [1.165, 1.54) is 0 Å². The summed E-state index contributed by atoms with van der Waals surface area (Å²) < 4.78 is 18.1. The second-order valence-electron chi connectivity index (χ2n) is 8.07. The quantitative estimate of drug-likeness (QED) is 0.134. The number of cyclic esters (lactones) is 1. The molecule has 0 spiro atoms. The Kier molecular flexibility index (Phi) is 7.13. The summed E-state index contributed by atoms with van der Waals surface area (Å²) in [4.78, 5) is 16.9. The first-order valence-corrected chi connectivity index (χ1v) is 12.4. The van der Waals surface area contributed by atoms with Crippen molar-refractivity contribution in [3.05, 3.63) is 123 Å². The fraction of sp³-hybridized carbons (Fsp3) is 0.0667. The SMILES string of the molecule is COc1cc(/C=C2\N=C(c3ccc(-c4ccccc4)cc3)OC2=O)ccc1OCc1ccccc1I. The lowest BCUT2D eigenvalue weighted by Crippen LogP contribution is -2.05. The predicted octanol–water partition coefficient (Wildman–Crippen LogP) is 6.89. The van der Waals surface area contributed by atoms with Gasteiger partial charge in [-0.1, -0.05) is 66.7 Å². The number of hydrogen-bond acceptors (Lipinski definition) is 5. The summed E-state index contributed by atoms with van der Waals surface area (Å²) in [5.41, 5.74) is 5.02. The van der Waals surface area contributed by atoms with Crippen LogP contribution < -0.4 is 9.47 Å². The van der Waals surface area contributed by atoms with Crippen LogP contribution in [-0.4, -0.2) is 19.0 Å². The van der Waals surface area contributed by atoms with Crippen LogP contribution in [0.15, 0.2) is 108 Å². The maximum atomic E-state index is 12.5. The van der Waals surface area contributed by atoms with Crippen molar-refractivity contribution in [2.45, 2.75) is 6.61 Å². The third-order valence-corrected chi connectivity index (χ3v) is 6.74. The Labute approximate surface area is 223 Å². The van der Waals surface area contributed by atoms with Gasteiger partial charge in [-0.3, -0.25) is 0 Å². The largest absolute Gasteiger partial charge is 0.493 e. The molecule has 5 nitrogen and oxygen atoms in total. The van der Waals surface area contributed by atoms with Crippen LogP contribution in [0.5, 0.6) is 11.5 Å². The lowest BCUT2D eigenvalue weighted by molar-refractivity contribution is -0.129. The van der Waals surface area contributed by atoms with Crippen molar-refractivity contribution in [2.24, 2.45) is 4.99 Å². The van der Waals surface area contributed by atoms with E-state index < -0.39 is 5.97 Å². The highest BCUT2D eigenvalue weighted by Crippen LogP contribution is 2.31. The van der Waals surface area contributed by atoms with Crippen molar-refractivity contribution in [1.82, 2.24) is 0 Å². The van der Waals surface area contributed by atoms with E-state index >= 15 is 0 Å². The Bertz CT molecular complexity index is 1460. The van der Waals surface area contributed by atoms with E-state index in [-0.39, 0.29) is 11.6 Å². The monoisotopic (exact) mass is 587 g/mol. The normalized spacial score (nSPS) is 13.9. The minimum absolute atomic E-state index is 0.228. The summed E-state index contributed by atoms with van der Waals surface area (Å²) >= 11 is 2.29. The smallest absolute Gasteiger partial charge is 0.363 e. The molecular formula is C30H22INO4. The molecule has 0 aromatic heterocycles. The molecule has 4 aromatic rings. The van der Waals surface area contributed by atoms with E-state index in [9.17, 15) is 4.79 Å². The van der Waals surface area contributed by atoms with Crippen LogP contribution in [0.2, 0.25) is 0 Å². The van der Waals surface area contributed by atoms with Gasteiger partial charge >= 0.3 is 5.97 Å². The number of methoxy groups -OCH3 is 1. The second kappa shape index (κ2) is 10.8. The van der Waals surface area contributed by atoms with Crippen LogP contribution in [0.4, 0.5) is 0 Å². The van der Waals surface area contributed by atoms with Gasteiger partial charge in [-0.25, -0.2) is 9.79 Å². The number of hydrogen-bond donors (Lipinski definition) is 0. The van der Waals surface area contributed by atoms with Crippen molar-refractivity contribution < 1.29 is 19.0 Å². The number of ether oxygens (including phenoxy) is 3. The van der Waals surface area contributed by atoms with Crippen LogP contribution in [0, 0.1) is 3.57 Å². The van der Waals surface area contributed by atoms with Crippen molar-refractivity contribution in [3.63, 3.8) is 0 Å². The Hall–Kier alpha value is -3.91. The van der Waals surface area contributed by atoms with Gasteiger partial charge in [-0.2, -0.15) is 0 Å². The molecular weight excluding hydrogens is 565 g/mol. The van der Waals surface area contributed by atoms with E-state index in [2.05, 4.69) is 39.7 Å². The fourth-order valence-corrected chi connectivity index (χ4v) is 4.33. The molecule has 0 N–H and O–H groups in total. The second-order valence-corrected chi connectivity index (χ2v) is 9.23. The molecule has 0 saturated carbocycles. The average Bonchev–Trinajstić information content (AvgIpc) is 3.29. The van der Waals surface area contributed by atoms with Crippen molar-refractivity contribution in [3.8, 4) is 22.6 Å². The van der Waals surface area contributed by atoms with Crippen molar-refractivity contribution >= 4 is 40.5 Å². The molecule has 0 bridgehead atoms. The molecule has 4 aromatic carbocycles. The minimum Gasteiger partial charge on any atom is -0.493 e. The summed E-state index contributed by atoms with van der Waals surface area (Å²) in [6.07, 6.45) is 1.68. The number of esters is 1. The Balaban J connectivity index is 1.33. The number of aliphatic imine (C=N–C) groups is 1. The molecule has 178 valence electrons. The van der Waals surface area contributed by atoms with Crippen LogP contribution in [0.1, 0.15) is 16.7 Å². The molecule has 5 rings (SSSR count). The molecule has 0 unspecified atom stereocenters. The Morgan fingerprint density at radius 3 is 2.28 bits per heavy atom. The number of halogens is 1. The van der Waals surface area contributed by atoms with Gasteiger partial charge in [0.2, 0.25) is 5.90 Å². The molecule has 0 saturated heterocycles. The van der Waals surface area contributed by atoms with E-state index in [0.29, 0.717) is 18.1 Å². The fourth-order valence-electron chi connectivity index (χ4n) is 3.79. The predicted molar refractivity (Wildman–Crippen MR) is 149 cm³/mol. The minimum atomic E-state index is -0.491. The molecule has 0 radical (unpaired) electrons. The van der Waals surface area contributed by atoms with Gasteiger partial charge in [-0.05, 0) is 75.7 Å². The highest BCUT2D eigenvalue weighted by molar-refractivity contribution is 14.1. The van der Waals surface area contributed by atoms with Crippen LogP contribution >= 0.6 is 22.6 Å². The highest BCUT2D eigenvalue weighted by Gasteiger charge is 2.24. The van der Waals surface area contributed by atoms with Gasteiger partial charge < -0.3 is 14.2 Å². The molecule has 36 heavy (non-hydrogen) atoms. The van der Waals surface area contributed by atoms with Crippen LogP contribution in [0.25, 0.3) is 17.2 Å². The molecule has 1 heterocycles. The summed E-state index contributed by atoms with van der Waals surface area (Å²) in [5.74, 6) is 0.990. The third kappa shape index (κ3) is 5.33. The van der Waals surface area contributed by atoms with E-state index in [1.54, 1.807) is 13.2 Å². The molecule has 0 atom stereocenters. The van der Waals surface area contributed by atoms with Crippen LogP contribution in [0.3, 0.4) is 0 Å². The first-order valence-electron chi connectivity index (χ1n) is 11.3. The number of carbonyl (C=O) groups excluding carboxylic acids is 1. The third-order valence-electron chi connectivity index (χ3n) is 5.69. The number of rotatable bonds is 7. The molecule has 1 aliphatic heterocycles. The zero-order valence-corrected chi connectivity index (χ0v) is 21.6. The molecule has 6 heteroatoms. The molecule has 1 aliphatic rings. The molecule has 0 amide bonds. The average molecular weight is 587 g/mol. The van der Waals surface area contributed by atoms with E-state index in [4.69, 9.17) is 14.2 Å². The van der Waals surface area contributed by atoms with Crippen molar-refractivity contribution in [2.75, 3.05) is 7.11 Å². The Morgan fingerprint density at radius 1 is 0.833 bits per heavy atom. The number of carbonyl (C=O) groups is 1. The van der Waals surface area contributed by atoms with Gasteiger partial charge in [0.05, 0.1) is 7.11 Å². The zero-order chi connectivity index (χ0) is 24.9. The highest BCUT2D eigenvalue weighted by atomic mass is 127. The standard InChI is InChI=1S/C30H22INO4/c1-34-28-18-20(11-16-27(28)35-19-24-9-5-6-10-25(24)31)17-26-30(33)36-29(32-26)23-14-12-22(13-15-23)21-7-3-2-4-8-21/h2-18H,19H2,1H3/b26-17-. The molecule has 0 fully saturated rings. The summed E-state index contributed by atoms with van der Waals surface area (Å²) in [6.45, 7) is 0.430. The maximum absolute atomic E-state index is 12.5.